The minimum absolute atomic E-state index is 0.444. The predicted molar refractivity (Wildman–Crippen MR) is 45.6 cm³/mol. The van der Waals surface area contributed by atoms with E-state index in [2.05, 4.69) is 4.98 Å². The van der Waals surface area contributed by atoms with Gasteiger partial charge in [0.15, 0.2) is 6.10 Å². The van der Waals surface area contributed by atoms with E-state index in [0.29, 0.717) is 5.56 Å². The zero-order valence-corrected chi connectivity index (χ0v) is 7.18. The second-order valence-corrected chi connectivity index (χ2v) is 2.75. The number of aromatic nitrogens is 1. The van der Waals surface area contributed by atoms with Crippen LogP contribution in [0.25, 0.3) is 0 Å². The Kier molecular flexibility index (Phi) is 2.96. The zero-order valence-electron chi connectivity index (χ0n) is 7.18. The maximum Gasteiger partial charge on any atom is 0.170 e. The number of aliphatic hydroxyl groups is 2. The van der Waals surface area contributed by atoms with Crippen LogP contribution < -0.4 is 0 Å². The Hall–Kier alpha value is -1.44. The highest BCUT2D eigenvalue weighted by Crippen LogP contribution is 2.15. The van der Waals surface area contributed by atoms with Crippen molar-refractivity contribution < 1.29 is 10.2 Å². The van der Waals surface area contributed by atoms with Crippen molar-refractivity contribution in [1.82, 2.24) is 4.98 Å². The summed E-state index contributed by atoms with van der Waals surface area (Å²) in [5.74, 6) is 0. The second-order valence-electron chi connectivity index (χ2n) is 2.75. The topological polar surface area (TPSA) is 77.1 Å². The van der Waals surface area contributed by atoms with Crippen LogP contribution in [0.5, 0.6) is 0 Å². The Labute approximate surface area is 76.1 Å². The molecular formula is C9H10N2O2. The lowest BCUT2D eigenvalue weighted by molar-refractivity contribution is 0.0525. The number of hydrogen-bond donors (Lipinski definition) is 2. The first-order chi connectivity index (χ1) is 6.15. The Balaban J connectivity index is 2.84. The third kappa shape index (κ3) is 2.25. The zero-order chi connectivity index (χ0) is 9.84. The van der Waals surface area contributed by atoms with Gasteiger partial charge in [-0.1, -0.05) is 6.07 Å². The van der Waals surface area contributed by atoms with Crippen molar-refractivity contribution >= 4 is 0 Å². The molecule has 0 spiro atoms. The Morgan fingerprint density at radius 1 is 1.46 bits per heavy atom. The summed E-state index contributed by atoms with van der Waals surface area (Å²) in [7, 11) is 0. The molecule has 0 aliphatic carbocycles. The Morgan fingerprint density at radius 3 is 2.62 bits per heavy atom. The van der Waals surface area contributed by atoms with Crippen molar-refractivity contribution in [2.24, 2.45) is 0 Å². The predicted octanol–water partition coefficient (Wildman–Crippen LogP) is 0.308. The largest absolute Gasteiger partial charge is 0.384 e. The monoisotopic (exact) mass is 178 g/mol. The average molecular weight is 178 g/mol. The maximum absolute atomic E-state index is 9.37. The van der Waals surface area contributed by atoms with E-state index in [1.54, 1.807) is 18.2 Å². The van der Waals surface area contributed by atoms with Crippen LogP contribution in [-0.2, 0) is 0 Å². The average Bonchev–Trinajstić information content (AvgIpc) is 2.17. The lowest BCUT2D eigenvalue weighted by atomic mass is 10.1. The number of pyridine rings is 1. The molecule has 0 aromatic carbocycles. The number of rotatable bonds is 2. The molecule has 1 heterocycles. The third-order valence-corrected chi connectivity index (χ3v) is 1.71. The summed E-state index contributed by atoms with van der Waals surface area (Å²) in [5.41, 5.74) is 1.27. The van der Waals surface area contributed by atoms with E-state index in [4.69, 9.17) is 10.4 Å². The molecule has 1 aromatic heterocycles. The van der Waals surface area contributed by atoms with Gasteiger partial charge in [-0.2, -0.15) is 5.26 Å². The van der Waals surface area contributed by atoms with E-state index in [9.17, 15) is 5.11 Å². The number of aryl methyl sites for hydroxylation is 1. The molecule has 4 nitrogen and oxygen atoms in total. The second kappa shape index (κ2) is 3.99. The van der Waals surface area contributed by atoms with Gasteiger partial charge in [0.25, 0.3) is 0 Å². The molecule has 0 radical (unpaired) electrons. The summed E-state index contributed by atoms with van der Waals surface area (Å²) in [6, 6.07) is 4.90. The molecule has 0 amide bonds. The van der Waals surface area contributed by atoms with E-state index in [-0.39, 0.29) is 0 Å². The summed E-state index contributed by atoms with van der Waals surface area (Å²) in [4.78, 5) is 3.94. The minimum atomic E-state index is -1.40. The quantitative estimate of drug-likeness (QED) is 0.639. The van der Waals surface area contributed by atoms with Gasteiger partial charge in [-0.3, -0.25) is 4.98 Å². The summed E-state index contributed by atoms with van der Waals surface area (Å²) in [6.07, 6.45) is -1.14. The van der Waals surface area contributed by atoms with E-state index in [0.717, 1.165) is 5.69 Å². The number of hydrogen-bond acceptors (Lipinski definition) is 4. The summed E-state index contributed by atoms with van der Waals surface area (Å²) >= 11 is 0. The Morgan fingerprint density at radius 2 is 2.15 bits per heavy atom. The molecule has 0 saturated heterocycles. The molecule has 2 unspecified atom stereocenters. The highest BCUT2D eigenvalue weighted by molar-refractivity contribution is 5.18. The SMILES string of the molecule is Cc1ccc(C(O)C(O)C#N)cn1. The van der Waals surface area contributed by atoms with Crippen LogP contribution in [-0.4, -0.2) is 21.3 Å². The molecular weight excluding hydrogens is 168 g/mol. The van der Waals surface area contributed by atoms with E-state index in [1.807, 2.05) is 6.92 Å². The van der Waals surface area contributed by atoms with Crippen LogP contribution in [0.4, 0.5) is 0 Å². The molecule has 68 valence electrons. The molecule has 0 bridgehead atoms. The van der Waals surface area contributed by atoms with Gasteiger partial charge >= 0.3 is 0 Å². The molecule has 13 heavy (non-hydrogen) atoms. The van der Waals surface area contributed by atoms with Crippen molar-refractivity contribution in [3.8, 4) is 6.07 Å². The fourth-order valence-electron chi connectivity index (χ4n) is 0.907. The van der Waals surface area contributed by atoms with Gasteiger partial charge in [-0.25, -0.2) is 0 Å². The fraction of sp³-hybridized carbons (Fsp3) is 0.333. The molecule has 0 aliphatic rings. The molecule has 0 fully saturated rings. The summed E-state index contributed by atoms with van der Waals surface area (Å²) in [5, 5.41) is 26.7. The van der Waals surface area contributed by atoms with Crippen LogP contribution in [0, 0.1) is 18.3 Å². The van der Waals surface area contributed by atoms with Gasteiger partial charge in [-0.05, 0) is 13.0 Å². The van der Waals surface area contributed by atoms with Crippen LogP contribution in [0.15, 0.2) is 18.3 Å². The van der Waals surface area contributed by atoms with Crippen molar-refractivity contribution in [3.63, 3.8) is 0 Å². The van der Waals surface area contributed by atoms with Crippen LogP contribution in [0.3, 0.4) is 0 Å². The standard InChI is InChI=1S/C9H10N2O2/c1-6-2-3-7(5-11-6)9(13)8(12)4-10/h2-3,5,8-9,12-13H,1H3. The Bertz CT molecular complexity index is 315. The third-order valence-electron chi connectivity index (χ3n) is 1.71. The first-order valence-electron chi connectivity index (χ1n) is 3.83. The van der Waals surface area contributed by atoms with Crippen molar-refractivity contribution in [2.75, 3.05) is 0 Å². The smallest absolute Gasteiger partial charge is 0.170 e. The molecule has 4 heteroatoms. The van der Waals surface area contributed by atoms with Gasteiger partial charge in [0, 0.05) is 17.5 Å². The lowest BCUT2D eigenvalue weighted by Crippen LogP contribution is -2.15. The molecule has 2 atom stereocenters. The van der Waals surface area contributed by atoms with E-state index < -0.39 is 12.2 Å². The first kappa shape index (κ1) is 9.65. The normalized spacial score (nSPS) is 14.6. The van der Waals surface area contributed by atoms with Gasteiger partial charge in [0.05, 0.1) is 6.07 Å². The van der Waals surface area contributed by atoms with Gasteiger partial charge in [-0.15, -0.1) is 0 Å². The first-order valence-corrected chi connectivity index (χ1v) is 3.83. The molecule has 0 aliphatic heterocycles. The van der Waals surface area contributed by atoms with Crippen LogP contribution in [0.1, 0.15) is 17.4 Å². The fourth-order valence-corrected chi connectivity index (χ4v) is 0.907. The van der Waals surface area contributed by atoms with Crippen molar-refractivity contribution in [2.45, 2.75) is 19.1 Å². The van der Waals surface area contributed by atoms with Gasteiger partial charge < -0.3 is 10.2 Å². The lowest BCUT2D eigenvalue weighted by Gasteiger charge is -2.10. The van der Waals surface area contributed by atoms with Crippen molar-refractivity contribution in [1.29, 1.82) is 5.26 Å². The molecule has 0 saturated carbocycles. The number of nitriles is 1. The van der Waals surface area contributed by atoms with E-state index >= 15 is 0 Å². The highest BCUT2D eigenvalue weighted by Gasteiger charge is 2.17. The summed E-state index contributed by atoms with van der Waals surface area (Å²) < 4.78 is 0. The maximum atomic E-state index is 9.37. The van der Waals surface area contributed by atoms with Gasteiger partial charge in [0.1, 0.15) is 6.10 Å². The van der Waals surface area contributed by atoms with Crippen LogP contribution in [0.2, 0.25) is 0 Å². The summed E-state index contributed by atoms with van der Waals surface area (Å²) in [6.45, 7) is 1.82. The van der Waals surface area contributed by atoms with Crippen LogP contribution >= 0.6 is 0 Å². The van der Waals surface area contributed by atoms with E-state index in [1.165, 1.54) is 6.20 Å². The molecule has 2 N–H and O–H groups in total. The number of nitrogens with zero attached hydrogens (tertiary/aromatic N) is 2. The minimum Gasteiger partial charge on any atom is -0.384 e. The van der Waals surface area contributed by atoms with Gasteiger partial charge in [0.2, 0.25) is 0 Å². The molecule has 1 rings (SSSR count). The van der Waals surface area contributed by atoms with Crippen molar-refractivity contribution in [3.05, 3.63) is 29.6 Å². The highest BCUT2D eigenvalue weighted by atomic mass is 16.3. The number of aliphatic hydroxyl groups excluding tert-OH is 2. The molecule has 1 aromatic rings.